The minimum Gasteiger partial charge on any atom is -0.383 e. The van der Waals surface area contributed by atoms with E-state index in [-0.39, 0.29) is 4.90 Å². The number of aromatic nitrogens is 3. The summed E-state index contributed by atoms with van der Waals surface area (Å²) in [6, 6.07) is 13.8. The summed E-state index contributed by atoms with van der Waals surface area (Å²) in [6.07, 6.45) is 6.20. The van der Waals surface area contributed by atoms with Crippen molar-refractivity contribution >= 4 is 37.9 Å². The van der Waals surface area contributed by atoms with Gasteiger partial charge >= 0.3 is 0 Å². The highest BCUT2D eigenvalue weighted by molar-refractivity contribution is 7.90. The number of nitrogens with one attached hydrogen (secondary N) is 1. The molecule has 148 valence electrons. The number of nitrogen functional groups attached to an aromatic ring is 1. The molecule has 0 aliphatic rings. The van der Waals surface area contributed by atoms with Crippen molar-refractivity contribution in [2.45, 2.75) is 4.90 Å². The van der Waals surface area contributed by atoms with Crippen molar-refractivity contribution in [2.75, 3.05) is 17.3 Å². The molecule has 0 aliphatic carbocycles. The molecule has 4 rings (SSSR count). The Morgan fingerprint density at radius 1 is 0.967 bits per heavy atom. The van der Waals surface area contributed by atoms with Crippen LogP contribution in [-0.2, 0) is 9.84 Å². The lowest BCUT2D eigenvalue weighted by Gasteiger charge is -2.08. The quantitative estimate of drug-likeness (QED) is 0.495. The van der Waals surface area contributed by atoms with Crippen molar-refractivity contribution in [1.29, 1.82) is 0 Å². The predicted octanol–water partition coefficient (Wildman–Crippen LogP) is 3.15. The van der Waals surface area contributed by atoms with Crippen LogP contribution in [0.5, 0.6) is 0 Å². The zero-order valence-electron chi connectivity index (χ0n) is 16.0. The topological polar surface area (TPSA) is 111 Å². The molecule has 1 aromatic carbocycles. The van der Waals surface area contributed by atoms with E-state index < -0.39 is 9.84 Å². The Labute approximate surface area is 173 Å². The van der Waals surface area contributed by atoms with Crippen LogP contribution in [0.1, 0.15) is 11.3 Å². The molecule has 3 aromatic heterocycles. The zero-order valence-corrected chi connectivity index (χ0v) is 16.8. The number of nitrogens with zero attached hydrogens (tertiary/aromatic N) is 3. The average molecular weight is 415 g/mol. The van der Waals surface area contributed by atoms with E-state index in [9.17, 15) is 8.42 Å². The van der Waals surface area contributed by atoms with Gasteiger partial charge in [-0.2, -0.15) is 0 Å². The smallest absolute Gasteiger partial charge is 0.175 e. The van der Waals surface area contributed by atoms with E-state index in [1.165, 1.54) is 6.26 Å². The molecule has 0 radical (unpaired) electrons. The molecule has 0 aliphatic heterocycles. The fourth-order valence-electron chi connectivity index (χ4n) is 2.82. The van der Waals surface area contributed by atoms with Crippen molar-refractivity contribution in [3.05, 3.63) is 78.4 Å². The number of benzene rings is 1. The molecule has 0 atom stereocenters. The Kier molecular flexibility index (Phi) is 5.04. The van der Waals surface area contributed by atoms with Gasteiger partial charge in [-0.25, -0.2) is 23.4 Å². The molecule has 0 saturated carbocycles. The normalized spacial score (nSPS) is 11.0. The summed E-state index contributed by atoms with van der Waals surface area (Å²) >= 11 is 0. The number of nitrogens with two attached hydrogens (primary N) is 1. The van der Waals surface area contributed by atoms with Gasteiger partial charge in [-0.1, -0.05) is 5.92 Å². The van der Waals surface area contributed by atoms with Crippen molar-refractivity contribution in [1.82, 2.24) is 15.0 Å². The van der Waals surface area contributed by atoms with Gasteiger partial charge in [0.05, 0.1) is 10.5 Å². The molecule has 0 amide bonds. The third-order valence-corrected chi connectivity index (χ3v) is 5.49. The number of rotatable bonds is 3. The Hall–Kier alpha value is -3.96. The first-order valence-electron chi connectivity index (χ1n) is 8.94. The maximum Gasteiger partial charge on any atom is 0.175 e. The van der Waals surface area contributed by atoms with E-state index in [0.717, 1.165) is 10.8 Å². The third kappa shape index (κ3) is 4.21. The predicted molar refractivity (Wildman–Crippen MR) is 117 cm³/mol. The monoisotopic (exact) mass is 415 g/mol. The molecule has 4 aromatic rings. The summed E-state index contributed by atoms with van der Waals surface area (Å²) in [7, 11) is -3.24. The van der Waals surface area contributed by atoms with Crippen LogP contribution in [0.25, 0.3) is 10.8 Å². The SMILES string of the molecule is CS(=O)(=O)c1ccc(Nc2cc3c(C#Cc4cccnc4N)nccc3cn2)cc1. The van der Waals surface area contributed by atoms with Gasteiger partial charge in [-0.05, 0) is 54.5 Å². The maximum absolute atomic E-state index is 11.6. The second-order valence-electron chi connectivity index (χ2n) is 6.56. The number of fused-ring (bicyclic) bond motifs is 1. The van der Waals surface area contributed by atoms with Gasteiger partial charge < -0.3 is 11.1 Å². The first-order valence-corrected chi connectivity index (χ1v) is 10.8. The van der Waals surface area contributed by atoms with Crippen LogP contribution in [0, 0.1) is 11.8 Å². The number of pyridine rings is 3. The lowest BCUT2D eigenvalue weighted by Crippen LogP contribution is -1.98. The highest BCUT2D eigenvalue weighted by Crippen LogP contribution is 2.22. The van der Waals surface area contributed by atoms with E-state index in [4.69, 9.17) is 5.73 Å². The Bertz CT molecular complexity index is 1410. The maximum atomic E-state index is 11.6. The molecular formula is C22H17N5O2S. The van der Waals surface area contributed by atoms with E-state index in [1.807, 2.05) is 12.1 Å². The lowest BCUT2D eigenvalue weighted by atomic mass is 10.1. The summed E-state index contributed by atoms with van der Waals surface area (Å²) in [5.74, 6) is 7.03. The molecule has 7 nitrogen and oxygen atoms in total. The summed E-state index contributed by atoms with van der Waals surface area (Å²) in [6.45, 7) is 0. The Morgan fingerprint density at radius 3 is 2.50 bits per heavy atom. The van der Waals surface area contributed by atoms with Crippen molar-refractivity contribution in [3.8, 4) is 11.8 Å². The zero-order chi connectivity index (χ0) is 21.1. The van der Waals surface area contributed by atoms with E-state index in [2.05, 4.69) is 32.1 Å². The standard InChI is InChI=1S/C22H17N5O2S/c1-30(28,29)18-7-5-17(6-8-18)27-21-13-19-16(14-26-21)10-12-24-20(19)9-4-15-3-2-11-25-22(15)23/h2-3,5-8,10-14H,1H3,(H2,23,25)(H,26,27). The summed E-state index contributed by atoms with van der Waals surface area (Å²) < 4.78 is 23.2. The van der Waals surface area contributed by atoms with Gasteiger partial charge in [0, 0.05) is 41.3 Å². The van der Waals surface area contributed by atoms with Crippen molar-refractivity contribution in [3.63, 3.8) is 0 Å². The molecule has 3 N–H and O–H groups in total. The van der Waals surface area contributed by atoms with Crippen LogP contribution < -0.4 is 11.1 Å². The number of anilines is 3. The highest BCUT2D eigenvalue weighted by atomic mass is 32.2. The van der Waals surface area contributed by atoms with Gasteiger partial charge in [0.15, 0.2) is 9.84 Å². The van der Waals surface area contributed by atoms with Gasteiger partial charge in [-0.15, -0.1) is 0 Å². The first kappa shape index (κ1) is 19.4. The molecule has 0 bridgehead atoms. The highest BCUT2D eigenvalue weighted by Gasteiger charge is 2.07. The molecule has 3 heterocycles. The number of hydrogen-bond donors (Lipinski definition) is 2. The van der Waals surface area contributed by atoms with E-state index >= 15 is 0 Å². The molecule has 0 unspecified atom stereocenters. The van der Waals surface area contributed by atoms with Crippen molar-refractivity contribution < 1.29 is 8.42 Å². The summed E-state index contributed by atoms with van der Waals surface area (Å²) in [5, 5.41) is 4.90. The fraction of sp³-hybridized carbons (Fsp3) is 0.0455. The van der Waals surface area contributed by atoms with Crippen LogP contribution in [0.2, 0.25) is 0 Å². The summed E-state index contributed by atoms with van der Waals surface area (Å²) in [4.78, 5) is 13.1. The van der Waals surface area contributed by atoms with E-state index in [1.54, 1.807) is 55.0 Å². The minimum absolute atomic E-state index is 0.260. The second kappa shape index (κ2) is 7.81. The second-order valence-corrected chi connectivity index (χ2v) is 8.57. The Balaban J connectivity index is 1.67. The summed E-state index contributed by atoms with van der Waals surface area (Å²) in [5.41, 5.74) is 7.80. The van der Waals surface area contributed by atoms with E-state index in [0.29, 0.717) is 28.6 Å². The number of hydrogen-bond acceptors (Lipinski definition) is 7. The molecule has 0 saturated heterocycles. The fourth-order valence-corrected chi connectivity index (χ4v) is 3.45. The van der Waals surface area contributed by atoms with Crippen LogP contribution in [0.15, 0.2) is 72.0 Å². The molecular weight excluding hydrogens is 398 g/mol. The molecule has 30 heavy (non-hydrogen) atoms. The lowest BCUT2D eigenvalue weighted by molar-refractivity contribution is 0.602. The van der Waals surface area contributed by atoms with Crippen molar-refractivity contribution in [2.24, 2.45) is 0 Å². The Morgan fingerprint density at radius 2 is 1.77 bits per heavy atom. The largest absolute Gasteiger partial charge is 0.383 e. The van der Waals surface area contributed by atoms with Gasteiger partial charge in [0.25, 0.3) is 0 Å². The average Bonchev–Trinajstić information content (AvgIpc) is 2.73. The van der Waals surface area contributed by atoms with Crippen LogP contribution in [0.4, 0.5) is 17.3 Å². The minimum atomic E-state index is -3.24. The van der Waals surface area contributed by atoms with Gasteiger partial charge in [0.2, 0.25) is 0 Å². The number of sulfone groups is 1. The van der Waals surface area contributed by atoms with Crippen LogP contribution in [0.3, 0.4) is 0 Å². The van der Waals surface area contributed by atoms with Crippen LogP contribution >= 0.6 is 0 Å². The third-order valence-electron chi connectivity index (χ3n) is 4.36. The molecule has 0 fully saturated rings. The van der Waals surface area contributed by atoms with Gasteiger partial charge in [0.1, 0.15) is 17.3 Å². The molecule has 8 heteroatoms. The molecule has 0 spiro atoms. The van der Waals surface area contributed by atoms with Gasteiger partial charge in [-0.3, -0.25) is 0 Å². The van der Waals surface area contributed by atoms with Crippen LogP contribution in [-0.4, -0.2) is 29.6 Å². The first-order chi connectivity index (χ1) is 14.4.